The predicted molar refractivity (Wildman–Crippen MR) is 98.9 cm³/mol. The minimum atomic E-state index is 0.357. The summed E-state index contributed by atoms with van der Waals surface area (Å²) in [6.07, 6.45) is 1.53. The van der Waals surface area contributed by atoms with Crippen molar-refractivity contribution in [2.75, 3.05) is 32.0 Å². The lowest BCUT2D eigenvalue weighted by Gasteiger charge is -2.12. The molecule has 3 rings (SSSR count). The average molecular weight is 353 g/mol. The Bertz CT molecular complexity index is 888. The van der Waals surface area contributed by atoms with E-state index in [9.17, 15) is 0 Å². The number of aromatic nitrogens is 3. The van der Waals surface area contributed by atoms with Crippen molar-refractivity contribution in [3.05, 3.63) is 48.7 Å². The molecule has 0 saturated heterocycles. The molecule has 2 N–H and O–H groups in total. The minimum absolute atomic E-state index is 0.357. The molecule has 26 heavy (non-hydrogen) atoms. The van der Waals surface area contributed by atoms with Gasteiger partial charge in [-0.1, -0.05) is 6.07 Å². The van der Waals surface area contributed by atoms with Crippen LogP contribution in [0.5, 0.6) is 17.2 Å². The fraction of sp³-hybridized carbons (Fsp3) is 0.167. The van der Waals surface area contributed by atoms with Gasteiger partial charge < -0.3 is 24.8 Å². The number of methoxy groups -OCH3 is 3. The highest BCUT2D eigenvalue weighted by Crippen LogP contribution is 2.31. The Labute approximate surface area is 151 Å². The Morgan fingerprint density at radius 2 is 1.65 bits per heavy atom. The lowest BCUT2D eigenvalue weighted by atomic mass is 10.2. The monoisotopic (exact) mass is 353 g/mol. The second-order valence-corrected chi connectivity index (χ2v) is 5.21. The van der Waals surface area contributed by atoms with Gasteiger partial charge in [0.2, 0.25) is 5.95 Å². The number of anilines is 4. The Morgan fingerprint density at radius 1 is 0.846 bits per heavy atom. The summed E-state index contributed by atoms with van der Waals surface area (Å²) in [6, 6.07) is 12.9. The molecule has 0 saturated carbocycles. The van der Waals surface area contributed by atoms with Gasteiger partial charge in [0, 0.05) is 17.8 Å². The Balaban J connectivity index is 1.79. The summed E-state index contributed by atoms with van der Waals surface area (Å²) in [6.45, 7) is 0. The summed E-state index contributed by atoms with van der Waals surface area (Å²) < 4.78 is 15.8. The Morgan fingerprint density at radius 3 is 2.42 bits per heavy atom. The lowest BCUT2D eigenvalue weighted by molar-refractivity contribution is 0.395. The van der Waals surface area contributed by atoms with Crippen LogP contribution in [0.1, 0.15) is 0 Å². The number of rotatable bonds is 7. The molecule has 0 unspecified atom stereocenters. The molecule has 1 aromatic heterocycles. The molecule has 8 nitrogen and oxygen atoms in total. The van der Waals surface area contributed by atoms with Gasteiger partial charge in [-0.15, -0.1) is 5.10 Å². The predicted octanol–water partition coefficient (Wildman–Crippen LogP) is 3.38. The first-order valence-electron chi connectivity index (χ1n) is 7.81. The molecule has 0 spiro atoms. The second-order valence-electron chi connectivity index (χ2n) is 5.21. The smallest absolute Gasteiger partial charge is 0.249 e. The largest absolute Gasteiger partial charge is 0.497 e. The van der Waals surface area contributed by atoms with Crippen molar-refractivity contribution in [1.29, 1.82) is 0 Å². The molecular formula is C18H19N5O3. The maximum absolute atomic E-state index is 5.38. The van der Waals surface area contributed by atoms with Gasteiger partial charge >= 0.3 is 0 Å². The van der Waals surface area contributed by atoms with Crippen molar-refractivity contribution in [2.24, 2.45) is 0 Å². The van der Waals surface area contributed by atoms with Crippen LogP contribution in [-0.4, -0.2) is 36.5 Å². The zero-order valence-corrected chi connectivity index (χ0v) is 14.7. The number of benzene rings is 2. The third kappa shape index (κ3) is 4.10. The maximum atomic E-state index is 5.38. The molecule has 3 aromatic rings. The van der Waals surface area contributed by atoms with E-state index in [-0.39, 0.29) is 0 Å². The summed E-state index contributed by atoms with van der Waals surface area (Å²) in [7, 11) is 4.81. The van der Waals surface area contributed by atoms with E-state index in [0.717, 1.165) is 17.1 Å². The summed E-state index contributed by atoms with van der Waals surface area (Å²) in [5.41, 5.74) is 1.53. The normalized spacial score (nSPS) is 10.1. The molecule has 8 heteroatoms. The first kappa shape index (κ1) is 17.3. The van der Waals surface area contributed by atoms with Crippen molar-refractivity contribution in [3.8, 4) is 17.2 Å². The van der Waals surface area contributed by atoms with Crippen LogP contribution in [0.25, 0.3) is 0 Å². The molecule has 0 fully saturated rings. The summed E-state index contributed by atoms with van der Waals surface area (Å²) in [5, 5.41) is 14.2. The van der Waals surface area contributed by atoms with Gasteiger partial charge in [-0.3, -0.25) is 0 Å². The number of ether oxygens (including phenoxy) is 3. The fourth-order valence-electron chi connectivity index (χ4n) is 2.29. The van der Waals surface area contributed by atoms with Crippen molar-refractivity contribution in [1.82, 2.24) is 15.2 Å². The Hall–Kier alpha value is -3.55. The van der Waals surface area contributed by atoms with Gasteiger partial charge in [-0.2, -0.15) is 10.1 Å². The molecule has 0 aliphatic rings. The van der Waals surface area contributed by atoms with Gasteiger partial charge in [0.15, 0.2) is 5.82 Å². The van der Waals surface area contributed by atoms with Crippen LogP contribution in [0.4, 0.5) is 23.1 Å². The van der Waals surface area contributed by atoms with Gasteiger partial charge in [0.25, 0.3) is 0 Å². The fourth-order valence-corrected chi connectivity index (χ4v) is 2.29. The van der Waals surface area contributed by atoms with Crippen LogP contribution in [0.3, 0.4) is 0 Å². The lowest BCUT2D eigenvalue weighted by Crippen LogP contribution is -2.03. The van der Waals surface area contributed by atoms with E-state index in [0.29, 0.717) is 23.3 Å². The first-order valence-corrected chi connectivity index (χ1v) is 7.81. The second kappa shape index (κ2) is 8.02. The number of hydrogen-bond donors (Lipinski definition) is 2. The topological polar surface area (TPSA) is 90.4 Å². The third-order valence-electron chi connectivity index (χ3n) is 3.56. The van der Waals surface area contributed by atoms with E-state index in [4.69, 9.17) is 14.2 Å². The van der Waals surface area contributed by atoms with E-state index in [1.807, 2.05) is 36.4 Å². The summed E-state index contributed by atoms with van der Waals surface area (Å²) in [4.78, 5) is 4.41. The summed E-state index contributed by atoms with van der Waals surface area (Å²) in [5.74, 6) is 2.95. The van der Waals surface area contributed by atoms with Crippen molar-refractivity contribution < 1.29 is 14.2 Å². The maximum Gasteiger partial charge on any atom is 0.249 e. The molecule has 1 heterocycles. The quantitative estimate of drug-likeness (QED) is 0.668. The number of nitrogens with one attached hydrogen (secondary N) is 2. The van der Waals surface area contributed by atoms with Crippen molar-refractivity contribution >= 4 is 23.1 Å². The molecular weight excluding hydrogens is 334 g/mol. The molecule has 0 aliphatic carbocycles. The van der Waals surface area contributed by atoms with Crippen LogP contribution < -0.4 is 24.8 Å². The van der Waals surface area contributed by atoms with Crippen molar-refractivity contribution in [2.45, 2.75) is 0 Å². The molecule has 134 valence electrons. The molecule has 0 amide bonds. The molecule has 0 atom stereocenters. The van der Waals surface area contributed by atoms with Crippen LogP contribution in [0, 0.1) is 0 Å². The van der Waals surface area contributed by atoms with Gasteiger partial charge in [-0.05, 0) is 24.3 Å². The van der Waals surface area contributed by atoms with Crippen LogP contribution in [0.2, 0.25) is 0 Å². The molecule has 0 aliphatic heterocycles. The highest BCUT2D eigenvalue weighted by Gasteiger charge is 2.08. The van der Waals surface area contributed by atoms with E-state index < -0.39 is 0 Å². The van der Waals surface area contributed by atoms with Gasteiger partial charge in [0.05, 0.1) is 33.2 Å². The first-order chi connectivity index (χ1) is 12.7. The van der Waals surface area contributed by atoms with Crippen LogP contribution in [-0.2, 0) is 0 Å². The van der Waals surface area contributed by atoms with Crippen LogP contribution in [0.15, 0.2) is 48.7 Å². The van der Waals surface area contributed by atoms with Crippen LogP contribution >= 0.6 is 0 Å². The SMILES string of the molecule is COc1cccc(Nc2nncc(Nc3ccc(OC)cc3OC)n2)c1. The number of hydrogen-bond acceptors (Lipinski definition) is 8. The molecule has 0 bridgehead atoms. The van der Waals surface area contributed by atoms with Gasteiger partial charge in [0.1, 0.15) is 17.2 Å². The van der Waals surface area contributed by atoms with E-state index in [2.05, 4.69) is 25.8 Å². The average Bonchev–Trinajstić information content (AvgIpc) is 2.68. The zero-order chi connectivity index (χ0) is 18.4. The minimum Gasteiger partial charge on any atom is -0.497 e. The Kier molecular flexibility index (Phi) is 5.33. The summed E-state index contributed by atoms with van der Waals surface area (Å²) >= 11 is 0. The van der Waals surface area contributed by atoms with Crippen molar-refractivity contribution in [3.63, 3.8) is 0 Å². The standard InChI is InChI=1S/C18H19N5O3/c1-24-13-6-4-5-12(9-13)20-18-22-17(11-19-23-18)21-15-8-7-14(25-2)10-16(15)26-3/h4-11H,1-3H3,(H2,20,21,22,23). The highest BCUT2D eigenvalue weighted by molar-refractivity contribution is 5.66. The molecule has 0 radical (unpaired) electrons. The van der Waals surface area contributed by atoms with E-state index in [1.54, 1.807) is 27.4 Å². The van der Waals surface area contributed by atoms with Gasteiger partial charge in [-0.25, -0.2) is 0 Å². The highest BCUT2D eigenvalue weighted by atomic mass is 16.5. The molecule has 2 aromatic carbocycles. The van der Waals surface area contributed by atoms with E-state index >= 15 is 0 Å². The third-order valence-corrected chi connectivity index (χ3v) is 3.56. The number of nitrogens with zero attached hydrogens (tertiary/aromatic N) is 3. The van der Waals surface area contributed by atoms with E-state index in [1.165, 1.54) is 6.20 Å². The zero-order valence-electron chi connectivity index (χ0n) is 14.7.